The third-order valence-electron chi connectivity index (χ3n) is 3.23. The second-order valence-electron chi connectivity index (χ2n) is 4.22. The van der Waals surface area contributed by atoms with Gasteiger partial charge in [0.1, 0.15) is 0 Å². The Morgan fingerprint density at radius 3 is 2.38 bits per heavy atom. The molecule has 1 aliphatic rings. The lowest BCUT2D eigenvalue weighted by Crippen LogP contribution is -2.64. The first-order valence-corrected chi connectivity index (χ1v) is 5.31. The highest BCUT2D eigenvalue weighted by atomic mass is 16.7. The average molecular weight is 222 g/mol. The van der Waals surface area contributed by atoms with Gasteiger partial charge < -0.3 is 20.1 Å². The minimum Gasteiger partial charge on any atom is -0.399 e. The molecule has 88 valence electrons. The molecule has 1 saturated heterocycles. The van der Waals surface area contributed by atoms with Crippen LogP contribution < -0.4 is 10.6 Å². The number of methoxy groups -OCH3 is 2. The predicted octanol–water partition coefficient (Wildman–Crippen LogP) is 1.39. The summed E-state index contributed by atoms with van der Waals surface area (Å²) in [6.07, 6.45) is 0. The minimum atomic E-state index is -0.435. The Balaban J connectivity index is 2.09. The molecule has 1 fully saturated rings. The molecule has 2 N–H and O–H groups in total. The van der Waals surface area contributed by atoms with Gasteiger partial charge in [0, 0.05) is 25.6 Å². The Morgan fingerprint density at radius 2 is 1.88 bits per heavy atom. The summed E-state index contributed by atoms with van der Waals surface area (Å²) in [6.45, 7) is 3.52. The lowest BCUT2D eigenvalue weighted by molar-refractivity contribution is -0.219. The Bertz CT molecular complexity index is 381. The van der Waals surface area contributed by atoms with E-state index < -0.39 is 5.79 Å². The van der Waals surface area contributed by atoms with E-state index in [0.29, 0.717) is 0 Å². The van der Waals surface area contributed by atoms with Crippen LogP contribution in [-0.2, 0) is 9.47 Å². The molecule has 16 heavy (non-hydrogen) atoms. The molecule has 0 atom stereocenters. The third kappa shape index (κ3) is 1.74. The molecule has 0 spiro atoms. The maximum Gasteiger partial charge on any atom is 0.203 e. The Morgan fingerprint density at radius 1 is 1.25 bits per heavy atom. The van der Waals surface area contributed by atoms with E-state index in [0.717, 1.165) is 30.0 Å². The van der Waals surface area contributed by atoms with Gasteiger partial charge in [-0.2, -0.15) is 0 Å². The summed E-state index contributed by atoms with van der Waals surface area (Å²) in [6, 6.07) is 6.05. The van der Waals surface area contributed by atoms with Crippen molar-refractivity contribution in [2.45, 2.75) is 12.7 Å². The van der Waals surface area contributed by atoms with Gasteiger partial charge in [0.15, 0.2) is 0 Å². The van der Waals surface area contributed by atoms with E-state index in [1.807, 2.05) is 19.1 Å². The van der Waals surface area contributed by atoms with Crippen LogP contribution in [0.1, 0.15) is 5.56 Å². The summed E-state index contributed by atoms with van der Waals surface area (Å²) >= 11 is 0. The predicted molar refractivity (Wildman–Crippen MR) is 64.6 cm³/mol. The third-order valence-corrected chi connectivity index (χ3v) is 3.23. The second-order valence-corrected chi connectivity index (χ2v) is 4.22. The van der Waals surface area contributed by atoms with Crippen molar-refractivity contribution >= 4 is 11.4 Å². The molecule has 1 aromatic carbocycles. The number of hydrogen-bond donors (Lipinski definition) is 1. The molecule has 0 aromatic heterocycles. The zero-order chi connectivity index (χ0) is 11.8. The van der Waals surface area contributed by atoms with Gasteiger partial charge in [0.05, 0.1) is 13.1 Å². The number of nitrogens with two attached hydrogens (primary N) is 1. The van der Waals surface area contributed by atoms with E-state index in [9.17, 15) is 0 Å². The van der Waals surface area contributed by atoms with Crippen LogP contribution in [0.5, 0.6) is 0 Å². The maximum absolute atomic E-state index is 5.79. The van der Waals surface area contributed by atoms with Crippen molar-refractivity contribution in [2.75, 3.05) is 37.9 Å². The summed E-state index contributed by atoms with van der Waals surface area (Å²) in [5.41, 5.74) is 8.88. The molecule has 4 heteroatoms. The first-order chi connectivity index (χ1) is 7.60. The van der Waals surface area contributed by atoms with Gasteiger partial charge in [-0.3, -0.25) is 0 Å². The molecule has 0 bridgehead atoms. The number of aryl methyl sites for hydroxylation is 1. The van der Waals surface area contributed by atoms with E-state index >= 15 is 0 Å². The number of benzene rings is 1. The van der Waals surface area contributed by atoms with Crippen molar-refractivity contribution in [2.24, 2.45) is 0 Å². The Labute approximate surface area is 95.9 Å². The number of nitrogens with zero attached hydrogens (tertiary/aromatic N) is 1. The van der Waals surface area contributed by atoms with Gasteiger partial charge in [-0.05, 0) is 30.7 Å². The number of hydrogen-bond acceptors (Lipinski definition) is 4. The van der Waals surface area contributed by atoms with Crippen LogP contribution >= 0.6 is 0 Å². The zero-order valence-corrected chi connectivity index (χ0v) is 9.99. The lowest BCUT2D eigenvalue weighted by atomic mass is 10.0. The molecule has 0 unspecified atom stereocenters. The summed E-state index contributed by atoms with van der Waals surface area (Å²) in [7, 11) is 3.35. The molecular weight excluding hydrogens is 204 g/mol. The fraction of sp³-hybridized carbons (Fsp3) is 0.500. The van der Waals surface area contributed by atoms with Crippen LogP contribution in [0.4, 0.5) is 11.4 Å². The Kier molecular flexibility index (Phi) is 2.78. The average Bonchev–Trinajstić information content (AvgIpc) is 2.23. The summed E-state index contributed by atoms with van der Waals surface area (Å²) in [5, 5.41) is 0. The number of rotatable bonds is 3. The first kappa shape index (κ1) is 11.2. The van der Waals surface area contributed by atoms with Crippen LogP contribution in [-0.4, -0.2) is 33.1 Å². The minimum absolute atomic E-state index is 0.435. The molecule has 2 rings (SSSR count). The quantitative estimate of drug-likeness (QED) is 0.620. The molecule has 1 heterocycles. The van der Waals surface area contributed by atoms with Crippen molar-refractivity contribution in [3.8, 4) is 0 Å². The van der Waals surface area contributed by atoms with Gasteiger partial charge in [-0.15, -0.1) is 0 Å². The molecule has 1 aromatic rings. The van der Waals surface area contributed by atoms with E-state index in [-0.39, 0.29) is 0 Å². The van der Waals surface area contributed by atoms with Crippen molar-refractivity contribution < 1.29 is 9.47 Å². The highest BCUT2D eigenvalue weighted by molar-refractivity contribution is 5.59. The topological polar surface area (TPSA) is 47.7 Å². The van der Waals surface area contributed by atoms with Crippen molar-refractivity contribution in [3.63, 3.8) is 0 Å². The number of anilines is 2. The number of nitrogen functional groups attached to an aromatic ring is 1. The summed E-state index contributed by atoms with van der Waals surface area (Å²) < 4.78 is 10.7. The van der Waals surface area contributed by atoms with E-state index in [4.69, 9.17) is 15.2 Å². The smallest absolute Gasteiger partial charge is 0.203 e. The van der Waals surface area contributed by atoms with Gasteiger partial charge in [-0.25, -0.2) is 0 Å². The summed E-state index contributed by atoms with van der Waals surface area (Å²) in [5.74, 6) is -0.435. The lowest BCUT2D eigenvalue weighted by Gasteiger charge is -2.48. The van der Waals surface area contributed by atoms with Crippen molar-refractivity contribution in [1.82, 2.24) is 0 Å². The normalized spacial score (nSPS) is 18.3. The first-order valence-electron chi connectivity index (χ1n) is 5.31. The Hall–Kier alpha value is -1.26. The fourth-order valence-corrected chi connectivity index (χ4v) is 1.92. The molecule has 0 radical (unpaired) electrons. The zero-order valence-electron chi connectivity index (χ0n) is 9.99. The molecule has 0 saturated carbocycles. The fourth-order valence-electron chi connectivity index (χ4n) is 1.92. The summed E-state index contributed by atoms with van der Waals surface area (Å²) in [4.78, 5) is 2.21. The van der Waals surface area contributed by atoms with Crippen LogP contribution in [0.15, 0.2) is 18.2 Å². The van der Waals surface area contributed by atoms with Crippen LogP contribution in [0.25, 0.3) is 0 Å². The SMILES string of the molecule is COC1(OC)CN(c2ccc(N)c(C)c2)C1. The second kappa shape index (κ2) is 3.96. The van der Waals surface area contributed by atoms with Crippen LogP contribution in [0.2, 0.25) is 0 Å². The maximum atomic E-state index is 5.79. The number of ether oxygens (including phenoxy) is 2. The van der Waals surface area contributed by atoms with Gasteiger partial charge in [0.2, 0.25) is 5.79 Å². The standard InChI is InChI=1S/C12H18N2O2/c1-9-6-10(4-5-11(9)13)14-7-12(8-14,15-2)16-3/h4-6H,7-8,13H2,1-3H3. The molecule has 1 aliphatic heterocycles. The molecular formula is C12H18N2O2. The highest BCUT2D eigenvalue weighted by Crippen LogP contribution is 2.31. The van der Waals surface area contributed by atoms with Gasteiger partial charge in [0.25, 0.3) is 0 Å². The van der Waals surface area contributed by atoms with Gasteiger partial charge in [-0.1, -0.05) is 0 Å². The largest absolute Gasteiger partial charge is 0.399 e. The molecule has 0 aliphatic carbocycles. The highest BCUT2D eigenvalue weighted by Gasteiger charge is 2.43. The molecule has 4 nitrogen and oxygen atoms in total. The van der Waals surface area contributed by atoms with Crippen molar-refractivity contribution in [1.29, 1.82) is 0 Å². The van der Waals surface area contributed by atoms with E-state index in [1.54, 1.807) is 14.2 Å². The van der Waals surface area contributed by atoms with Gasteiger partial charge >= 0.3 is 0 Å². The van der Waals surface area contributed by atoms with Crippen molar-refractivity contribution in [3.05, 3.63) is 23.8 Å². The van der Waals surface area contributed by atoms with E-state index in [2.05, 4.69) is 11.0 Å². The van der Waals surface area contributed by atoms with Crippen LogP contribution in [0, 0.1) is 6.92 Å². The monoisotopic (exact) mass is 222 g/mol. The van der Waals surface area contributed by atoms with E-state index in [1.165, 1.54) is 0 Å². The molecule has 0 amide bonds. The van der Waals surface area contributed by atoms with Crippen LogP contribution in [0.3, 0.4) is 0 Å².